The normalized spacial score (nSPS) is 12.8. The van der Waals surface area contributed by atoms with Crippen LogP contribution in [0, 0.1) is 0 Å². The lowest BCUT2D eigenvalue weighted by molar-refractivity contribution is -0.138. The van der Waals surface area contributed by atoms with Crippen LogP contribution in [0.2, 0.25) is 0 Å². The zero-order chi connectivity index (χ0) is 8.43. The molecule has 0 amide bonds. The van der Waals surface area contributed by atoms with E-state index < -0.39 is 12.0 Å². The van der Waals surface area contributed by atoms with Gasteiger partial charge >= 0.3 is 5.97 Å². The fraction of sp³-hybridized carbons (Fsp3) is 0.167. The summed E-state index contributed by atoms with van der Waals surface area (Å²) in [6, 6.07) is 1.89. The number of carbonyl (C=O) groups is 1. The lowest BCUT2D eigenvalue weighted by atomic mass is 10.3. The first-order valence-electron chi connectivity index (χ1n) is 2.88. The van der Waals surface area contributed by atoms with E-state index in [9.17, 15) is 4.79 Å². The second-order valence-corrected chi connectivity index (χ2v) is 3.09. The van der Waals surface area contributed by atoms with Crippen molar-refractivity contribution in [3.05, 3.63) is 17.0 Å². The Hall–Kier alpha value is -1.07. The number of carboxylic acid groups (broad SMARTS) is 1. The third-order valence-electron chi connectivity index (χ3n) is 1.19. The summed E-state index contributed by atoms with van der Waals surface area (Å²) in [6.07, 6.45) is 0. The number of nitrogens with two attached hydrogens (primary N) is 1. The van der Waals surface area contributed by atoms with Crippen LogP contribution in [0.1, 0.15) is 10.9 Å². The van der Waals surface area contributed by atoms with Crippen LogP contribution in [0.15, 0.2) is 12.1 Å². The number of aliphatic carboxylic acids is 1. The summed E-state index contributed by atoms with van der Waals surface area (Å²) in [5.41, 5.74) is 5.25. The molecule has 11 heavy (non-hydrogen) atoms. The highest BCUT2D eigenvalue weighted by atomic mass is 32.1. The minimum Gasteiger partial charge on any atom is -0.499 e. The fourth-order valence-corrected chi connectivity index (χ4v) is 1.37. The summed E-state index contributed by atoms with van der Waals surface area (Å²) in [5.74, 6) is -1.09. The summed E-state index contributed by atoms with van der Waals surface area (Å²) in [4.78, 5) is 10.8. The molecule has 0 aliphatic carbocycles. The molecule has 0 aliphatic rings. The van der Waals surface area contributed by atoms with Gasteiger partial charge in [0.1, 0.15) is 6.04 Å². The van der Waals surface area contributed by atoms with Crippen LogP contribution in [0.3, 0.4) is 0 Å². The highest BCUT2D eigenvalue weighted by Crippen LogP contribution is 2.26. The fourth-order valence-electron chi connectivity index (χ4n) is 0.631. The maximum absolute atomic E-state index is 10.3. The average molecular weight is 173 g/mol. The molecule has 1 aromatic heterocycles. The third kappa shape index (κ3) is 1.69. The Balaban J connectivity index is 2.84. The van der Waals surface area contributed by atoms with Crippen molar-refractivity contribution in [3.8, 4) is 5.06 Å². The number of thiophene rings is 1. The van der Waals surface area contributed by atoms with Crippen molar-refractivity contribution < 1.29 is 15.0 Å². The van der Waals surface area contributed by atoms with Gasteiger partial charge in [-0.25, -0.2) is 0 Å². The van der Waals surface area contributed by atoms with Crippen LogP contribution >= 0.6 is 11.3 Å². The van der Waals surface area contributed by atoms with Crippen LogP contribution in [-0.2, 0) is 4.79 Å². The zero-order valence-electron chi connectivity index (χ0n) is 5.52. The van der Waals surface area contributed by atoms with Crippen molar-refractivity contribution in [1.29, 1.82) is 0 Å². The Morgan fingerprint density at radius 3 is 2.64 bits per heavy atom. The summed E-state index contributed by atoms with van der Waals surface area (Å²) >= 11 is 0.974. The molecular formula is C6H7NO3S. The summed E-state index contributed by atoms with van der Waals surface area (Å²) in [5, 5.41) is 17.4. The summed E-state index contributed by atoms with van der Waals surface area (Å²) in [6.45, 7) is 0. The topological polar surface area (TPSA) is 83.6 Å². The molecule has 4 N–H and O–H groups in total. The van der Waals surface area contributed by atoms with Gasteiger partial charge in [-0.1, -0.05) is 0 Å². The summed E-state index contributed by atoms with van der Waals surface area (Å²) < 4.78 is 0. The first kappa shape index (κ1) is 8.03. The SMILES string of the molecule is N[C@H](C(=O)O)c1ccc(O)s1. The number of rotatable bonds is 2. The van der Waals surface area contributed by atoms with Crippen LogP contribution in [0.5, 0.6) is 5.06 Å². The minimum absolute atomic E-state index is 0.0803. The Bertz CT molecular complexity index is 271. The minimum atomic E-state index is -1.09. The molecule has 0 aliphatic heterocycles. The first-order valence-corrected chi connectivity index (χ1v) is 3.70. The Morgan fingerprint density at radius 1 is 1.64 bits per heavy atom. The lowest BCUT2D eigenvalue weighted by Gasteiger charge is -2.00. The molecule has 0 unspecified atom stereocenters. The van der Waals surface area contributed by atoms with Crippen LogP contribution in [0.4, 0.5) is 0 Å². The van der Waals surface area contributed by atoms with E-state index in [1.807, 2.05) is 0 Å². The van der Waals surface area contributed by atoms with Gasteiger partial charge in [0.25, 0.3) is 0 Å². The highest BCUT2D eigenvalue weighted by molar-refractivity contribution is 7.13. The quantitative estimate of drug-likeness (QED) is 0.609. The number of hydrogen-bond donors (Lipinski definition) is 3. The van der Waals surface area contributed by atoms with Crippen molar-refractivity contribution in [2.45, 2.75) is 6.04 Å². The molecule has 0 aromatic carbocycles. The highest BCUT2D eigenvalue weighted by Gasteiger charge is 2.15. The van der Waals surface area contributed by atoms with E-state index in [1.165, 1.54) is 12.1 Å². The van der Waals surface area contributed by atoms with E-state index in [4.69, 9.17) is 15.9 Å². The molecule has 1 aromatic rings. The van der Waals surface area contributed by atoms with Gasteiger partial charge in [-0.15, -0.1) is 11.3 Å². The standard InChI is InChI=1S/C6H7NO3S/c7-5(6(9)10)3-1-2-4(8)11-3/h1-2,5,8H,7H2,(H,9,10)/t5-/m0/s1. The maximum Gasteiger partial charge on any atom is 0.325 e. The predicted molar refractivity (Wildman–Crippen MR) is 40.5 cm³/mol. The van der Waals surface area contributed by atoms with Gasteiger partial charge in [0.15, 0.2) is 5.06 Å². The molecule has 4 nitrogen and oxygen atoms in total. The Morgan fingerprint density at radius 2 is 2.27 bits per heavy atom. The van der Waals surface area contributed by atoms with Crippen molar-refractivity contribution in [2.75, 3.05) is 0 Å². The van der Waals surface area contributed by atoms with Crippen LogP contribution in [0.25, 0.3) is 0 Å². The van der Waals surface area contributed by atoms with E-state index in [0.29, 0.717) is 4.88 Å². The second kappa shape index (κ2) is 2.89. The van der Waals surface area contributed by atoms with Crippen molar-refractivity contribution in [2.24, 2.45) is 5.73 Å². The maximum atomic E-state index is 10.3. The van der Waals surface area contributed by atoms with Gasteiger partial charge in [0.05, 0.1) is 0 Å². The lowest BCUT2D eigenvalue weighted by Crippen LogP contribution is -2.19. The molecule has 1 atom stereocenters. The van der Waals surface area contributed by atoms with Gasteiger partial charge in [0.2, 0.25) is 0 Å². The second-order valence-electron chi connectivity index (χ2n) is 1.99. The Labute approximate surface area is 66.9 Å². The molecule has 0 bridgehead atoms. The first-order chi connectivity index (χ1) is 5.11. The molecule has 0 radical (unpaired) electrons. The molecule has 60 valence electrons. The van der Waals surface area contributed by atoms with E-state index >= 15 is 0 Å². The number of aromatic hydroxyl groups is 1. The predicted octanol–water partition coefficient (Wildman–Crippen LogP) is 0.538. The molecule has 1 rings (SSSR count). The van der Waals surface area contributed by atoms with E-state index in [-0.39, 0.29) is 5.06 Å². The molecule has 0 saturated heterocycles. The smallest absolute Gasteiger partial charge is 0.325 e. The van der Waals surface area contributed by atoms with Crippen molar-refractivity contribution >= 4 is 17.3 Å². The monoisotopic (exact) mass is 173 g/mol. The molecule has 1 heterocycles. The molecule has 0 saturated carbocycles. The van der Waals surface area contributed by atoms with Gasteiger partial charge in [-0.05, 0) is 12.1 Å². The van der Waals surface area contributed by atoms with Gasteiger partial charge in [0, 0.05) is 4.88 Å². The summed E-state index contributed by atoms with van der Waals surface area (Å²) in [7, 11) is 0. The van der Waals surface area contributed by atoms with Crippen molar-refractivity contribution in [3.63, 3.8) is 0 Å². The molecular weight excluding hydrogens is 166 g/mol. The largest absolute Gasteiger partial charge is 0.499 e. The average Bonchev–Trinajstić information content (AvgIpc) is 2.34. The van der Waals surface area contributed by atoms with Gasteiger partial charge in [-0.2, -0.15) is 0 Å². The molecule has 5 heteroatoms. The number of carboxylic acids is 1. The molecule has 0 spiro atoms. The van der Waals surface area contributed by atoms with E-state index in [0.717, 1.165) is 11.3 Å². The van der Waals surface area contributed by atoms with E-state index in [2.05, 4.69) is 0 Å². The third-order valence-corrected chi connectivity index (χ3v) is 2.16. The van der Waals surface area contributed by atoms with E-state index in [1.54, 1.807) is 0 Å². The van der Waals surface area contributed by atoms with Gasteiger partial charge in [-0.3, -0.25) is 4.79 Å². The molecule has 0 fully saturated rings. The van der Waals surface area contributed by atoms with Crippen LogP contribution in [-0.4, -0.2) is 16.2 Å². The van der Waals surface area contributed by atoms with Crippen LogP contribution < -0.4 is 5.73 Å². The van der Waals surface area contributed by atoms with Gasteiger partial charge < -0.3 is 15.9 Å². The number of hydrogen-bond acceptors (Lipinski definition) is 4. The van der Waals surface area contributed by atoms with Crippen molar-refractivity contribution in [1.82, 2.24) is 0 Å². The Kier molecular flexibility index (Phi) is 2.11. The zero-order valence-corrected chi connectivity index (χ0v) is 6.34.